The molecule has 0 saturated heterocycles. The SMILES string of the molecule is CCCOc1ccc(/C=C/C=C/C=C/c2ccc([N+](=O)[O-])cc2)cc1. The Labute approximate surface area is 147 Å². The third-order valence-electron chi connectivity index (χ3n) is 3.37. The van der Waals surface area contributed by atoms with Gasteiger partial charge in [0.15, 0.2) is 0 Å². The van der Waals surface area contributed by atoms with Crippen LogP contribution < -0.4 is 4.74 Å². The molecular weight excluding hydrogens is 314 g/mol. The average molecular weight is 335 g/mol. The fraction of sp³-hybridized carbons (Fsp3) is 0.143. The Hall–Kier alpha value is -3.14. The molecule has 0 amide bonds. The molecule has 0 atom stereocenters. The first kappa shape index (κ1) is 18.2. The summed E-state index contributed by atoms with van der Waals surface area (Å²) in [6.45, 7) is 2.82. The number of nitro groups is 1. The van der Waals surface area contributed by atoms with Crippen molar-refractivity contribution in [1.82, 2.24) is 0 Å². The summed E-state index contributed by atoms with van der Waals surface area (Å²) in [5.41, 5.74) is 2.12. The number of ether oxygens (including phenoxy) is 1. The summed E-state index contributed by atoms with van der Waals surface area (Å²) in [6.07, 6.45) is 12.6. The van der Waals surface area contributed by atoms with Gasteiger partial charge in [0.2, 0.25) is 0 Å². The molecule has 0 aliphatic rings. The Morgan fingerprint density at radius 2 is 1.40 bits per heavy atom. The third-order valence-corrected chi connectivity index (χ3v) is 3.37. The van der Waals surface area contributed by atoms with Crippen LogP contribution in [0.5, 0.6) is 5.75 Å². The van der Waals surface area contributed by atoms with Gasteiger partial charge in [-0.1, -0.05) is 55.5 Å². The van der Waals surface area contributed by atoms with Crippen LogP contribution in [0.3, 0.4) is 0 Å². The number of nitrogens with zero attached hydrogens (tertiary/aromatic N) is 1. The van der Waals surface area contributed by atoms with Gasteiger partial charge in [0.05, 0.1) is 11.5 Å². The number of hydrogen-bond acceptors (Lipinski definition) is 3. The molecule has 2 aromatic carbocycles. The third kappa shape index (κ3) is 6.47. The van der Waals surface area contributed by atoms with E-state index in [1.165, 1.54) is 12.1 Å². The molecule has 0 aliphatic carbocycles. The van der Waals surface area contributed by atoms with Gasteiger partial charge in [-0.15, -0.1) is 0 Å². The van der Waals surface area contributed by atoms with Crippen molar-refractivity contribution in [2.45, 2.75) is 13.3 Å². The Bertz CT molecular complexity index is 757. The van der Waals surface area contributed by atoms with Gasteiger partial charge < -0.3 is 4.74 Å². The highest BCUT2D eigenvalue weighted by Crippen LogP contribution is 2.14. The summed E-state index contributed by atoms with van der Waals surface area (Å²) < 4.78 is 5.55. The van der Waals surface area contributed by atoms with E-state index in [2.05, 4.69) is 6.92 Å². The van der Waals surface area contributed by atoms with Crippen molar-refractivity contribution in [3.8, 4) is 5.75 Å². The lowest BCUT2D eigenvalue weighted by atomic mass is 10.2. The minimum atomic E-state index is -0.402. The largest absolute Gasteiger partial charge is 0.494 e. The van der Waals surface area contributed by atoms with Gasteiger partial charge in [-0.2, -0.15) is 0 Å². The zero-order chi connectivity index (χ0) is 17.9. The lowest BCUT2D eigenvalue weighted by Crippen LogP contribution is -1.94. The van der Waals surface area contributed by atoms with Gasteiger partial charge >= 0.3 is 0 Å². The monoisotopic (exact) mass is 335 g/mol. The van der Waals surface area contributed by atoms with Crippen molar-refractivity contribution >= 4 is 17.8 Å². The molecule has 0 radical (unpaired) electrons. The lowest BCUT2D eigenvalue weighted by Gasteiger charge is -2.03. The van der Waals surface area contributed by atoms with E-state index in [0.717, 1.165) is 29.9 Å². The maximum atomic E-state index is 10.6. The van der Waals surface area contributed by atoms with Crippen LogP contribution in [0.25, 0.3) is 12.2 Å². The zero-order valence-electron chi connectivity index (χ0n) is 14.2. The number of nitro benzene ring substituents is 1. The van der Waals surface area contributed by atoms with E-state index in [4.69, 9.17) is 4.74 Å². The topological polar surface area (TPSA) is 52.4 Å². The van der Waals surface area contributed by atoms with Gasteiger partial charge in [-0.3, -0.25) is 10.1 Å². The molecule has 0 aliphatic heterocycles. The highest BCUT2D eigenvalue weighted by molar-refractivity contribution is 5.55. The van der Waals surface area contributed by atoms with Crippen molar-refractivity contribution < 1.29 is 9.66 Å². The molecule has 0 bridgehead atoms. The normalized spacial score (nSPS) is 11.6. The Morgan fingerprint density at radius 1 is 0.880 bits per heavy atom. The first-order chi connectivity index (χ1) is 12.2. The van der Waals surface area contributed by atoms with Crippen LogP contribution in [0.2, 0.25) is 0 Å². The van der Waals surface area contributed by atoms with Crippen LogP contribution in [0.15, 0.2) is 72.8 Å². The predicted octanol–water partition coefficient (Wildman–Crippen LogP) is 5.67. The Balaban J connectivity index is 1.83. The van der Waals surface area contributed by atoms with Gasteiger partial charge in [-0.05, 0) is 41.8 Å². The summed E-state index contributed by atoms with van der Waals surface area (Å²) in [5, 5.41) is 10.6. The second kappa shape index (κ2) is 9.88. The molecule has 4 heteroatoms. The van der Waals surface area contributed by atoms with Crippen molar-refractivity contribution in [1.29, 1.82) is 0 Å². The predicted molar refractivity (Wildman–Crippen MR) is 103 cm³/mol. The molecule has 0 unspecified atom stereocenters. The minimum absolute atomic E-state index is 0.0988. The molecule has 0 aromatic heterocycles. The molecule has 0 fully saturated rings. The van der Waals surface area contributed by atoms with Crippen molar-refractivity contribution in [3.05, 3.63) is 94.1 Å². The van der Waals surface area contributed by atoms with Crippen LogP contribution in [0.1, 0.15) is 24.5 Å². The van der Waals surface area contributed by atoms with Gasteiger partial charge in [0.1, 0.15) is 5.75 Å². The Kier molecular flexibility index (Phi) is 7.19. The summed E-state index contributed by atoms with van der Waals surface area (Å²) in [4.78, 5) is 10.2. The maximum Gasteiger partial charge on any atom is 0.269 e. The van der Waals surface area contributed by atoms with E-state index >= 15 is 0 Å². The molecule has 2 rings (SSSR count). The van der Waals surface area contributed by atoms with Crippen LogP contribution >= 0.6 is 0 Å². The summed E-state index contributed by atoms with van der Waals surface area (Å²) in [6, 6.07) is 14.4. The van der Waals surface area contributed by atoms with Crippen molar-refractivity contribution in [2.24, 2.45) is 0 Å². The molecular formula is C21H21NO3. The van der Waals surface area contributed by atoms with E-state index in [-0.39, 0.29) is 5.69 Å². The second-order valence-corrected chi connectivity index (χ2v) is 5.37. The quantitative estimate of drug-likeness (QED) is 0.355. The lowest BCUT2D eigenvalue weighted by molar-refractivity contribution is -0.384. The Morgan fingerprint density at radius 3 is 1.88 bits per heavy atom. The molecule has 4 nitrogen and oxygen atoms in total. The zero-order valence-corrected chi connectivity index (χ0v) is 14.2. The number of non-ortho nitro benzene ring substituents is 1. The van der Waals surface area contributed by atoms with Crippen LogP contribution in [-0.4, -0.2) is 11.5 Å². The van der Waals surface area contributed by atoms with E-state index in [1.54, 1.807) is 12.1 Å². The number of hydrogen-bond donors (Lipinski definition) is 0. The van der Waals surface area contributed by atoms with Gasteiger partial charge in [0, 0.05) is 12.1 Å². The minimum Gasteiger partial charge on any atom is -0.494 e. The highest BCUT2D eigenvalue weighted by Gasteiger charge is 2.01. The fourth-order valence-electron chi connectivity index (χ4n) is 2.06. The average Bonchev–Trinajstić information content (AvgIpc) is 2.64. The standard InChI is InChI=1S/C21H21NO3/c1-2-17-25-21-15-11-19(12-16-21)8-6-4-3-5-7-18-9-13-20(14-10-18)22(23)24/h3-16H,2,17H2,1H3/b4-3+,7-5+,8-6+. The van der Waals surface area contributed by atoms with Crippen molar-refractivity contribution in [3.63, 3.8) is 0 Å². The number of rotatable bonds is 8. The fourth-order valence-corrected chi connectivity index (χ4v) is 2.06. The van der Waals surface area contributed by atoms with Crippen molar-refractivity contribution in [2.75, 3.05) is 6.61 Å². The van der Waals surface area contributed by atoms with E-state index in [1.807, 2.05) is 60.7 Å². The van der Waals surface area contributed by atoms with Crippen LogP contribution in [0, 0.1) is 10.1 Å². The molecule has 0 saturated carbocycles. The molecule has 0 N–H and O–H groups in total. The first-order valence-corrected chi connectivity index (χ1v) is 8.18. The van der Waals surface area contributed by atoms with E-state index in [0.29, 0.717) is 0 Å². The molecule has 0 heterocycles. The smallest absolute Gasteiger partial charge is 0.269 e. The van der Waals surface area contributed by atoms with Crippen LogP contribution in [-0.2, 0) is 0 Å². The molecule has 128 valence electrons. The van der Waals surface area contributed by atoms with E-state index in [9.17, 15) is 10.1 Å². The summed E-state index contributed by atoms with van der Waals surface area (Å²) in [7, 11) is 0. The van der Waals surface area contributed by atoms with Gasteiger partial charge in [-0.25, -0.2) is 0 Å². The molecule has 0 spiro atoms. The molecule has 25 heavy (non-hydrogen) atoms. The van der Waals surface area contributed by atoms with Gasteiger partial charge in [0.25, 0.3) is 5.69 Å². The summed E-state index contributed by atoms with van der Waals surface area (Å²) >= 11 is 0. The van der Waals surface area contributed by atoms with Crippen LogP contribution in [0.4, 0.5) is 5.69 Å². The highest BCUT2D eigenvalue weighted by atomic mass is 16.6. The second-order valence-electron chi connectivity index (χ2n) is 5.37. The summed E-state index contributed by atoms with van der Waals surface area (Å²) in [5.74, 6) is 0.889. The molecule has 2 aromatic rings. The van der Waals surface area contributed by atoms with E-state index < -0.39 is 4.92 Å². The number of allylic oxidation sites excluding steroid dienone is 4. The first-order valence-electron chi connectivity index (χ1n) is 8.18. The maximum absolute atomic E-state index is 10.6. The number of benzene rings is 2.